The molecule has 0 fully saturated rings. The van der Waals surface area contributed by atoms with Crippen molar-refractivity contribution >= 4 is 21.6 Å². The highest BCUT2D eigenvalue weighted by atomic mass is 32.2. The van der Waals surface area contributed by atoms with Crippen molar-refractivity contribution in [1.29, 1.82) is 0 Å². The number of amides is 1. The molecule has 0 saturated carbocycles. The summed E-state index contributed by atoms with van der Waals surface area (Å²) in [5.74, 6) is -0.128. The number of nitrogens with one attached hydrogen (secondary N) is 1. The van der Waals surface area contributed by atoms with E-state index >= 15 is 0 Å². The molecule has 0 atom stereocenters. The zero-order valence-electron chi connectivity index (χ0n) is 15.0. The number of nitrogens with zero attached hydrogens (tertiary/aromatic N) is 1. The molecule has 5 nitrogen and oxygen atoms in total. The number of aryl methyl sites for hydroxylation is 3. The Hall–Kier alpha value is -2.18. The average Bonchev–Trinajstić information content (AvgIpc) is 2.53. The van der Waals surface area contributed by atoms with E-state index in [1.807, 2.05) is 44.2 Å². The summed E-state index contributed by atoms with van der Waals surface area (Å²) in [5.41, 5.74) is 3.38. The Balaban J connectivity index is 2.11. The van der Waals surface area contributed by atoms with Crippen LogP contribution in [0.25, 0.3) is 0 Å². The predicted octanol–water partition coefficient (Wildman–Crippen LogP) is 2.94. The van der Waals surface area contributed by atoms with Crippen molar-refractivity contribution in [2.75, 3.05) is 18.0 Å². The quantitative estimate of drug-likeness (QED) is 0.861. The highest BCUT2D eigenvalue weighted by Gasteiger charge is 2.18. The lowest BCUT2D eigenvalue weighted by Crippen LogP contribution is -2.37. The lowest BCUT2D eigenvalue weighted by atomic mass is 10.2. The molecule has 0 aliphatic carbocycles. The van der Waals surface area contributed by atoms with Crippen LogP contribution in [0.4, 0.5) is 5.69 Å². The fraction of sp³-hybridized carbons (Fsp3) is 0.316. The third-order valence-corrected chi connectivity index (χ3v) is 5.56. The molecule has 0 radical (unpaired) electrons. The third-order valence-electron chi connectivity index (χ3n) is 3.95. The van der Waals surface area contributed by atoms with Gasteiger partial charge < -0.3 is 4.90 Å². The molecule has 1 N–H and O–H groups in total. The summed E-state index contributed by atoms with van der Waals surface area (Å²) < 4.78 is 27.7. The molecule has 1 amide bonds. The molecule has 0 spiro atoms. The minimum absolute atomic E-state index is 0.128. The van der Waals surface area contributed by atoms with Crippen LogP contribution in [0.1, 0.15) is 23.6 Å². The molecule has 2 aromatic carbocycles. The van der Waals surface area contributed by atoms with Crippen LogP contribution in [0.15, 0.2) is 47.4 Å². The van der Waals surface area contributed by atoms with Crippen LogP contribution >= 0.6 is 0 Å². The van der Waals surface area contributed by atoms with E-state index in [2.05, 4.69) is 4.72 Å². The first-order valence-electron chi connectivity index (χ1n) is 8.12. The smallest absolute Gasteiger partial charge is 0.240 e. The standard InChI is InChI=1S/C19H24N2O3S/c1-14-6-5-7-18(12-14)21(17(4)22)11-10-20-25(23,24)19-13-15(2)8-9-16(19)3/h5-9,12-13,20H,10-11H2,1-4H3. The first-order chi connectivity index (χ1) is 11.7. The molecule has 6 heteroatoms. The van der Waals surface area contributed by atoms with Crippen molar-refractivity contribution in [2.24, 2.45) is 0 Å². The topological polar surface area (TPSA) is 66.5 Å². The maximum atomic E-state index is 12.5. The van der Waals surface area contributed by atoms with Gasteiger partial charge in [0.15, 0.2) is 0 Å². The van der Waals surface area contributed by atoms with E-state index in [1.165, 1.54) is 6.92 Å². The van der Waals surface area contributed by atoms with Crippen LogP contribution in [-0.2, 0) is 14.8 Å². The molecule has 25 heavy (non-hydrogen) atoms. The van der Waals surface area contributed by atoms with E-state index in [4.69, 9.17) is 0 Å². The minimum atomic E-state index is -3.61. The third kappa shape index (κ3) is 4.90. The second kappa shape index (κ2) is 7.80. The number of rotatable bonds is 6. The second-order valence-electron chi connectivity index (χ2n) is 6.18. The summed E-state index contributed by atoms with van der Waals surface area (Å²) >= 11 is 0. The summed E-state index contributed by atoms with van der Waals surface area (Å²) in [5, 5.41) is 0. The Labute approximate surface area is 149 Å². The van der Waals surface area contributed by atoms with E-state index in [0.29, 0.717) is 5.56 Å². The first kappa shape index (κ1) is 19.1. The fourth-order valence-corrected chi connectivity index (χ4v) is 3.98. The van der Waals surface area contributed by atoms with E-state index in [9.17, 15) is 13.2 Å². The summed E-state index contributed by atoms with van der Waals surface area (Å²) in [6.07, 6.45) is 0. The molecule has 2 aromatic rings. The van der Waals surface area contributed by atoms with Gasteiger partial charge in [0.05, 0.1) is 4.90 Å². The monoisotopic (exact) mass is 360 g/mol. The van der Waals surface area contributed by atoms with E-state index in [1.54, 1.807) is 24.0 Å². The highest BCUT2D eigenvalue weighted by molar-refractivity contribution is 7.89. The van der Waals surface area contributed by atoms with Gasteiger partial charge in [-0.25, -0.2) is 13.1 Å². The molecule has 0 unspecified atom stereocenters. The highest BCUT2D eigenvalue weighted by Crippen LogP contribution is 2.18. The number of sulfonamides is 1. The Morgan fingerprint density at radius 3 is 2.36 bits per heavy atom. The second-order valence-corrected chi connectivity index (χ2v) is 7.91. The predicted molar refractivity (Wildman–Crippen MR) is 100 cm³/mol. The largest absolute Gasteiger partial charge is 0.311 e. The van der Waals surface area contributed by atoms with Gasteiger partial charge in [0, 0.05) is 25.7 Å². The van der Waals surface area contributed by atoms with Gasteiger partial charge in [0.1, 0.15) is 0 Å². The van der Waals surface area contributed by atoms with Gasteiger partial charge in [-0.3, -0.25) is 4.79 Å². The maximum absolute atomic E-state index is 12.5. The van der Waals surface area contributed by atoms with Crippen LogP contribution in [0, 0.1) is 20.8 Å². The zero-order valence-corrected chi connectivity index (χ0v) is 15.9. The number of hydrogen-bond acceptors (Lipinski definition) is 3. The van der Waals surface area contributed by atoms with Crippen LogP contribution in [0.2, 0.25) is 0 Å². The number of hydrogen-bond donors (Lipinski definition) is 1. The Morgan fingerprint density at radius 2 is 1.72 bits per heavy atom. The molecule has 0 bridgehead atoms. The lowest BCUT2D eigenvalue weighted by molar-refractivity contribution is -0.116. The van der Waals surface area contributed by atoms with Crippen molar-refractivity contribution in [3.8, 4) is 0 Å². The first-order valence-corrected chi connectivity index (χ1v) is 9.61. The molecule has 2 rings (SSSR count). The van der Waals surface area contributed by atoms with E-state index < -0.39 is 10.0 Å². The number of anilines is 1. The molecular formula is C19H24N2O3S. The maximum Gasteiger partial charge on any atom is 0.240 e. The van der Waals surface area contributed by atoms with Gasteiger partial charge in [-0.1, -0.05) is 24.3 Å². The van der Waals surface area contributed by atoms with Crippen molar-refractivity contribution in [2.45, 2.75) is 32.6 Å². The normalized spacial score (nSPS) is 11.4. The molecular weight excluding hydrogens is 336 g/mol. The van der Waals surface area contributed by atoms with Gasteiger partial charge in [-0.05, 0) is 55.7 Å². The van der Waals surface area contributed by atoms with Gasteiger partial charge in [-0.2, -0.15) is 0 Å². The molecule has 0 saturated heterocycles. The zero-order chi connectivity index (χ0) is 18.6. The Morgan fingerprint density at radius 1 is 1.04 bits per heavy atom. The SMILES string of the molecule is CC(=O)N(CCNS(=O)(=O)c1cc(C)ccc1C)c1cccc(C)c1. The van der Waals surface area contributed by atoms with Crippen molar-refractivity contribution < 1.29 is 13.2 Å². The molecule has 134 valence electrons. The van der Waals surface area contributed by atoms with Crippen LogP contribution in [0.3, 0.4) is 0 Å². The van der Waals surface area contributed by atoms with Crippen molar-refractivity contribution in [3.63, 3.8) is 0 Å². The Bertz CT molecular complexity index is 876. The minimum Gasteiger partial charge on any atom is -0.311 e. The van der Waals surface area contributed by atoms with Gasteiger partial charge in [0.25, 0.3) is 0 Å². The van der Waals surface area contributed by atoms with E-state index in [0.717, 1.165) is 16.8 Å². The van der Waals surface area contributed by atoms with Gasteiger partial charge in [0.2, 0.25) is 15.9 Å². The number of carbonyl (C=O) groups is 1. The molecule has 0 aliphatic heterocycles. The van der Waals surface area contributed by atoms with Crippen molar-refractivity contribution in [1.82, 2.24) is 4.72 Å². The van der Waals surface area contributed by atoms with Crippen LogP contribution in [0.5, 0.6) is 0 Å². The van der Waals surface area contributed by atoms with E-state index in [-0.39, 0.29) is 23.9 Å². The number of benzene rings is 2. The van der Waals surface area contributed by atoms with Crippen LogP contribution in [-0.4, -0.2) is 27.4 Å². The molecule has 0 aromatic heterocycles. The number of carbonyl (C=O) groups excluding carboxylic acids is 1. The van der Waals surface area contributed by atoms with Gasteiger partial charge in [-0.15, -0.1) is 0 Å². The molecule has 0 aliphatic rings. The van der Waals surface area contributed by atoms with Crippen LogP contribution < -0.4 is 9.62 Å². The lowest BCUT2D eigenvalue weighted by Gasteiger charge is -2.22. The average molecular weight is 360 g/mol. The Kier molecular flexibility index (Phi) is 5.98. The fourth-order valence-electron chi connectivity index (χ4n) is 2.63. The van der Waals surface area contributed by atoms with Gasteiger partial charge >= 0.3 is 0 Å². The summed E-state index contributed by atoms with van der Waals surface area (Å²) in [7, 11) is -3.61. The summed E-state index contributed by atoms with van der Waals surface area (Å²) in [6.45, 7) is 7.45. The summed E-state index contributed by atoms with van der Waals surface area (Å²) in [4.78, 5) is 13.8. The molecule has 0 heterocycles. The summed E-state index contributed by atoms with van der Waals surface area (Å²) in [6, 6.07) is 12.9. The van der Waals surface area contributed by atoms with Crippen molar-refractivity contribution in [3.05, 3.63) is 59.2 Å².